The van der Waals surface area contributed by atoms with E-state index in [0.717, 1.165) is 13.8 Å². The van der Waals surface area contributed by atoms with Gasteiger partial charge in [0, 0.05) is 12.8 Å². The van der Waals surface area contributed by atoms with Gasteiger partial charge in [0.1, 0.15) is 0 Å². The summed E-state index contributed by atoms with van der Waals surface area (Å²) in [6.07, 6.45) is -0.427. The predicted octanol–water partition coefficient (Wildman–Crippen LogP) is -0.348. The molecule has 0 bridgehead atoms. The van der Waals surface area contributed by atoms with Gasteiger partial charge in [-0.25, -0.2) is 0 Å². The van der Waals surface area contributed by atoms with Gasteiger partial charge in [-0.05, 0) is 13.8 Å². The van der Waals surface area contributed by atoms with Gasteiger partial charge in [0.2, 0.25) is 17.0 Å². The molecule has 1 aliphatic rings. The third-order valence-electron chi connectivity index (χ3n) is 2.65. The lowest BCUT2D eigenvalue weighted by Crippen LogP contribution is -2.56. The molecule has 0 aliphatic heterocycles. The maximum atomic E-state index is 11.5. The molecule has 5 nitrogen and oxygen atoms in total. The highest BCUT2D eigenvalue weighted by Crippen LogP contribution is 2.30. The molecule has 0 saturated heterocycles. The Bertz CT molecular complexity index is 377. The normalized spacial score (nSPS) is 20.3. The summed E-state index contributed by atoms with van der Waals surface area (Å²) in [5, 5.41) is 0. The topological polar surface area (TPSA) is 85.3 Å². The van der Waals surface area contributed by atoms with Gasteiger partial charge in [0.15, 0.2) is 17.3 Å². The quantitative estimate of drug-likeness (QED) is 0.459. The summed E-state index contributed by atoms with van der Waals surface area (Å²) in [4.78, 5) is 56.9. The Kier molecular flexibility index (Phi) is 2.66. The molecule has 0 radical (unpaired) electrons. The first kappa shape index (κ1) is 11.4. The van der Waals surface area contributed by atoms with Gasteiger partial charge in [-0.3, -0.25) is 24.0 Å². The fraction of sp³-hybridized carbons (Fsp3) is 0.500. The molecule has 1 aliphatic carbocycles. The van der Waals surface area contributed by atoms with Crippen LogP contribution in [0.15, 0.2) is 0 Å². The number of carbonyl (C=O) groups excluding carboxylic acids is 5. The zero-order chi connectivity index (χ0) is 11.8. The van der Waals surface area contributed by atoms with Crippen molar-refractivity contribution in [3.05, 3.63) is 0 Å². The average Bonchev–Trinajstić information content (AvgIpc) is 2.11. The number of hydrogen-bond acceptors (Lipinski definition) is 5. The molecule has 0 spiro atoms. The summed E-state index contributed by atoms with van der Waals surface area (Å²) >= 11 is 0. The zero-order valence-corrected chi connectivity index (χ0v) is 8.46. The number of carbonyl (C=O) groups is 5. The average molecular weight is 210 g/mol. The summed E-state index contributed by atoms with van der Waals surface area (Å²) < 4.78 is 0. The van der Waals surface area contributed by atoms with E-state index < -0.39 is 34.3 Å². The van der Waals surface area contributed by atoms with Crippen LogP contribution in [0.3, 0.4) is 0 Å². The van der Waals surface area contributed by atoms with E-state index in [2.05, 4.69) is 0 Å². The standard InChI is InChI=1S/C10H10O5/c1-5(11)10(6(2)12)8(14)4-3-7(13)9(10)15/h3-4H2,1-2H3. The van der Waals surface area contributed by atoms with Crippen LogP contribution in [0.2, 0.25) is 0 Å². The van der Waals surface area contributed by atoms with Crippen molar-refractivity contribution in [1.29, 1.82) is 0 Å². The number of rotatable bonds is 2. The summed E-state index contributed by atoms with van der Waals surface area (Å²) in [5.41, 5.74) is -2.34. The lowest BCUT2D eigenvalue weighted by molar-refractivity contribution is -0.160. The Hall–Kier alpha value is -1.65. The van der Waals surface area contributed by atoms with Gasteiger partial charge in [0.05, 0.1) is 0 Å². The molecule has 0 N–H and O–H groups in total. The van der Waals surface area contributed by atoms with Crippen LogP contribution in [0, 0.1) is 5.41 Å². The highest BCUT2D eigenvalue weighted by molar-refractivity contribution is 6.57. The van der Waals surface area contributed by atoms with Gasteiger partial charge in [0.25, 0.3) is 0 Å². The van der Waals surface area contributed by atoms with Crippen molar-refractivity contribution in [2.45, 2.75) is 26.7 Å². The van der Waals surface area contributed by atoms with Crippen LogP contribution in [-0.4, -0.2) is 28.9 Å². The lowest BCUT2D eigenvalue weighted by atomic mass is 9.66. The van der Waals surface area contributed by atoms with Crippen LogP contribution >= 0.6 is 0 Å². The summed E-state index contributed by atoms with van der Waals surface area (Å²) in [6.45, 7) is 1.96. The number of hydrogen-bond donors (Lipinski definition) is 0. The first-order chi connectivity index (χ1) is 6.85. The van der Waals surface area contributed by atoms with Crippen LogP contribution in [0.5, 0.6) is 0 Å². The molecule has 0 aromatic carbocycles. The van der Waals surface area contributed by atoms with Crippen molar-refractivity contribution < 1.29 is 24.0 Å². The molecule has 0 aromatic rings. The highest BCUT2D eigenvalue weighted by atomic mass is 16.2. The van der Waals surface area contributed by atoms with Crippen molar-refractivity contribution in [3.63, 3.8) is 0 Å². The molecule has 0 unspecified atom stereocenters. The number of ketones is 5. The van der Waals surface area contributed by atoms with Crippen molar-refractivity contribution in [3.8, 4) is 0 Å². The van der Waals surface area contributed by atoms with Crippen molar-refractivity contribution in [1.82, 2.24) is 0 Å². The monoisotopic (exact) mass is 210 g/mol. The van der Waals surface area contributed by atoms with E-state index in [0.29, 0.717) is 0 Å². The van der Waals surface area contributed by atoms with Gasteiger partial charge in [-0.2, -0.15) is 0 Å². The van der Waals surface area contributed by atoms with Crippen LogP contribution in [0.25, 0.3) is 0 Å². The van der Waals surface area contributed by atoms with E-state index in [1.165, 1.54) is 0 Å². The molecule has 80 valence electrons. The Morgan fingerprint density at radius 3 is 1.80 bits per heavy atom. The van der Waals surface area contributed by atoms with E-state index in [1.54, 1.807) is 0 Å². The van der Waals surface area contributed by atoms with E-state index in [-0.39, 0.29) is 12.8 Å². The molecular weight excluding hydrogens is 200 g/mol. The molecule has 0 atom stereocenters. The van der Waals surface area contributed by atoms with Crippen LogP contribution in [-0.2, 0) is 24.0 Å². The van der Waals surface area contributed by atoms with Crippen LogP contribution in [0.4, 0.5) is 0 Å². The van der Waals surface area contributed by atoms with Crippen LogP contribution in [0.1, 0.15) is 26.7 Å². The first-order valence-corrected chi connectivity index (χ1v) is 4.48. The Balaban J connectivity index is 3.42. The molecular formula is C10H10O5. The third-order valence-corrected chi connectivity index (χ3v) is 2.65. The number of Topliss-reactive ketones (excluding diaryl/α,β-unsaturated/α-hetero) is 5. The minimum atomic E-state index is -2.34. The van der Waals surface area contributed by atoms with Gasteiger partial charge in [-0.15, -0.1) is 0 Å². The molecule has 0 heterocycles. The first-order valence-electron chi connectivity index (χ1n) is 4.48. The Labute approximate surface area is 85.8 Å². The maximum Gasteiger partial charge on any atom is 0.226 e. The largest absolute Gasteiger partial charge is 0.298 e. The molecule has 1 rings (SSSR count). The predicted molar refractivity (Wildman–Crippen MR) is 48.1 cm³/mol. The van der Waals surface area contributed by atoms with Crippen molar-refractivity contribution >= 4 is 28.9 Å². The maximum absolute atomic E-state index is 11.5. The smallest absolute Gasteiger partial charge is 0.226 e. The molecule has 0 amide bonds. The second-order valence-corrected chi connectivity index (χ2v) is 3.54. The Morgan fingerprint density at radius 1 is 1.00 bits per heavy atom. The minimum Gasteiger partial charge on any atom is -0.298 e. The Morgan fingerprint density at radius 2 is 1.47 bits per heavy atom. The minimum absolute atomic E-state index is 0.208. The van der Waals surface area contributed by atoms with E-state index in [1.807, 2.05) is 0 Å². The fourth-order valence-electron chi connectivity index (χ4n) is 1.82. The van der Waals surface area contributed by atoms with Crippen molar-refractivity contribution in [2.24, 2.45) is 5.41 Å². The van der Waals surface area contributed by atoms with E-state index in [9.17, 15) is 24.0 Å². The van der Waals surface area contributed by atoms with Gasteiger partial charge in [-0.1, -0.05) is 0 Å². The van der Waals surface area contributed by atoms with Crippen LogP contribution < -0.4 is 0 Å². The van der Waals surface area contributed by atoms with E-state index >= 15 is 0 Å². The van der Waals surface area contributed by atoms with E-state index in [4.69, 9.17) is 0 Å². The summed E-state index contributed by atoms with van der Waals surface area (Å²) in [5.74, 6) is -4.47. The summed E-state index contributed by atoms with van der Waals surface area (Å²) in [6, 6.07) is 0. The summed E-state index contributed by atoms with van der Waals surface area (Å²) in [7, 11) is 0. The fourth-order valence-corrected chi connectivity index (χ4v) is 1.82. The molecule has 1 saturated carbocycles. The molecule has 0 aromatic heterocycles. The highest BCUT2D eigenvalue weighted by Gasteiger charge is 2.58. The van der Waals surface area contributed by atoms with Gasteiger partial charge >= 0.3 is 0 Å². The molecule has 15 heavy (non-hydrogen) atoms. The second-order valence-electron chi connectivity index (χ2n) is 3.54. The zero-order valence-electron chi connectivity index (χ0n) is 8.46. The van der Waals surface area contributed by atoms with Crippen molar-refractivity contribution in [2.75, 3.05) is 0 Å². The molecule has 1 fully saturated rings. The third kappa shape index (κ3) is 1.35. The second kappa shape index (κ2) is 3.49. The lowest BCUT2D eigenvalue weighted by Gasteiger charge is -2.27. The molecule has 5 heteroatoms. The SMILES string of the molecule is CC(=O)C1(C(C)=O)C(=O)CCC(=O)C1=O. The van der Waals surface area contributed by atoms with Gasteiger partial charge < -0.3 is 0 Å².